The number of nitrogens with zero attached hydrogens (tertiary/aromatic N) is 3. The Hall–Kier alpha value is -2.61. The molecule has 2 heterocycles. The molecular formula is C22H21Cl2N3O4. The quantitative estimate of drug-likeness (QED) is 0.407. The van der Waals surface area contributed by atoms with Crippen molar-refractivity contribution < 1.29 is 19.1 Å². The summed E-state index contributed by atoms with van der Waals surface area (Å²) in [5.41, 5.74) is 2.16. The van der Waals surface area contributed by atoms with Gasteiger partial charge in [0.05, 0.1) is 46.9 Å². The van der Waals surface area contributed by atoms with E-state index in [-0.39, 0.29) is 13.2 Å². The summed E-state index contributed by atoms with van der Waals surface area (Å²) in [6.07, 6.45) is 0. The molecule has 2 atom stereocenters. The summed E-state index contributed by atoms with van der Waals surface area (Å²) >= 11 is 12.4. The third-order valence-electron chi connectivity index (χ3n) is 5.29. The number of benzene rings is 2. The topological polar surface area (TPSA) is 73.7 Å². The van der Waals surface area contributed by atoms with E-state index in [0.29, 0.717) is 33.7 Å². The third-order valence-corrected chi connectivity index (χ3v) is 6.03. The van der Waals surface area contributed by atoms with Gasteiger partial charge in [-0.05, 0) is 36.8 Å². The summed E-state index contributed by atoms with van der Waals surface area (Å²) in [5.74, 6) is -1.66. The van der Waals surface area contributed by atoms with Crippen molar-refractivity contribution in [2.75, 3.05) is 31.8 Å². The van der Waals surface area contributed by atoms with Crippen LogP contribution in [-0.2, 0) is 19.1 Å². The summed E-state index contributed by atoms with van der Waals surface area (Å²) in [4.78, 5) is 32.8. The number of hydrogen-bond donors (Lipinski definition) is 0. The molecule has 2 aromatic carbocycles. The predicted molar refractivity (Wildman–Crippen MR) is 119 cm³/mol. The summed E-state index contributed by atoms with van der Waals surface area (Å²) in [7, 11) is 1.55. The Balaban J connectivity index is 1.99. The van der Waals surface area contributed by atoms with Crippen LogP contribution in [-0.4, -0.2) is 48.3 Å². The number of rotatable bonds is 6. The SMILES string of the molecule is CCOC(=O)[C@@H]1C(=O)N(CCOC)c2nc3ccccc3n2[C@H]1c1ccc(Cl)c(Cl)c1. The third kappa shape index (κ3) is 3.78. The first-order valence-electron chi connectivity index (χ1n) is 9.86. The Labute approximate surface area is 189 Å². The Morgan fingerprint density at radius 2 is 1.94 bits per heavy atom. The molecule has 0 saturated carbocycles. The molecule has 1 aliphatic heterocycles. The molecule has 162 valence electrons. The van der Waals surface area contributed by atoms with E-state index in [0.717, 1.165) is 5.52 Å². The molecule has 1 amide bonds. The summed E-state index contributed by atoms with van der Waals surface area (Å²) in [6, 6.07) is 11.9. The highest BCUT2D eigenvalue weighted by atomic mass is 35.5. The van der Waals surface area contributed by atoms with Crippen molar-refractivity contribution >= 4 is 52.1 Å². The minimum Gasteiger partial charge on any atom is -0.465 e. The van der Waals surface area contributed by atoms with E-state index in [2.05, 4.69) is 0 Å². The molecule has 0 aliphatic carbocycles. The van der Waals surface area contributed by atoms with Gasteiger partial charge in [-0.15, -0.1) is 0 Å². The first-order chi connectivity index (χ1) is 15.0. The average molecular weight is 462 g/mol. The van der Waals surface area contributed by atoms with Crippen LogP contribution >= 0.6 is 23.2 Å². The normalized spacial score (nSPS) is 18.3. The van der Waals surface area contributed by atoms with Crippen molar-refractivity contribution in [2.45, 2.75) is 13.0 Å². The maximum absolute atomic E-state index is 13.6. The van der Waals surface area contributed by atoms with Gasteiger partial charge in [0.1, 0.15) is 0 Å². The number of para-hydroxylation sites is 2. The van der Waals surface area contributed by atoms with Crippen LogP contribution in [0.25, 0.3) is 11.0 Å². The van der Waals surface area contributed by atoms with Crippen molar-refractivity contribution in [1.29, 1.82) is 0 Å². The number of methoxy groups -OCH3 is 1. The van der Waals surface area contributed by atoms with Gasteiger partial charge in [-0.2, -0.15) is 0 Å². The molecule has 0 radical (unpaired) electrons. The van der Waals surface area contributed by atoms with Gasteiger partial charge in [0.15, 0.2) is 5.92 Å². The minimum atomic E-state index is -1.11. The highest BCUT2D eigenvalue weighted by molar-refractivity contribution is 6.42. The van der Waals surface area contributed by atoms with Crippen molar-refractivity contribution in [3.8, 4) is 0 Å². The number of carbonyl (C=O) groups is 2. The number of anilines is 1. The van der Waals surface area contributed by atoms with Gasteiger partial charge in [-0.3, -0.25) is 14.5 Å². The molecular weight excluding hydrogens is 441 g/mol. The van der Waals surface area contributed by atoms with Crippen LogP contribution in [0.3, 0.4) is 0 Å². The molecule has 0 fully saturated rings. The van der Waals surface area contributed by atoms with E-state index < -0.39 is 23.8 Å². The van der Waals surface area contributed by atoms with Crippen LogP contribution in [0.5, 0.6) is 0 Å². The second-order valence-corrected chi connectivity index (χ2v) is 7.92. The van der Waals surface area contributed by atoms with Gasteiger partial charge in [0.2, 0.25) is 11.9 Å². The van der Waals surface area contributed by atoms with Crippen LogP contribution in [0.15, 0.2) is 42.5 Å². The van der Waals surface area contributed by atoms with Crippen LogP contribution < -0.4 is 4.90 Å². The second kappa shape index (κ2) is 8.86. The summed E-state index contributed by atoms with van der Waals surface area (Å²) in [5, 5.41) is 0.722. The number of hydrogen-bond acceptors (Lipinski definition) is 5. The van der Waals surface area contributed by atoms with E-state index in [4.69, 9.17) is 37.7 Å². The first-order valence-corrected chi connectivity index (χ1v) is 10.6. The number of aromatic nitrogens is 2. The summed E-state index contributed by atoms with van der Waals surface area (Å²) in [6.45, 7) is 2.41. The number of esters is 1. The standard InChI is InChI=1S/C22H21Cl2N3O4/c1-3-31-21(29)18-19(13-8-9-14(23)15(24)12-13)27-17-7-5-4-6-16(17)25-22(27)26(20(18)28)10-11-30-2/h4-9,12,18-19H,3,10-11H2,1-2H3/t18-,19-/m0/s1. The Morgan fingerprint density at radius 3 is 2.65 bits per heavy atom. The zero-order chi connectivity index (χ0) is 22.1. The lowest BCUT2D eigenvalue weighted by atomic mass is 9.89. The molecule has 0 unspecified atom stereocenters. The first kappa shape index (κ1) is 21.6. The number of halogens is 2. The van der Waals surface area contributed by atoms with Crippen LogP contribution in [0.2, 0.25) is 10.0 Å². The van der Waals surface area contributed by atoms with Gasteiger partial charge in [0, 0.05) is 7.11 Å². The molecule has 3 aromatic rings. The molecule has 7 nitrogen and oxygen atoms in total. The zero-order valence-corrected chi connectivity index (χ0v) is 18.6. The smallest absolute Gasteiger partial charge is 0.321 e. The molecule has 0 N–H and O–H groups in total. The van der Waals surface area contributed by atoms with Crippen LogP contribution in [0, 0.1) is 5.92 Å². The molecule has 1 aliphatic rings. The maximum Gasteiger partial charge on any atom is 0.321 e. The number of carbonyl (C=O) groups excluding carboxylic acids is 2. The number of ether oxygens (including phenoxy) is 2. The van der Waals surface area contributed by atoms with Crippen molar-refractivity contribution in [3.05, 3.63) is 58.1 Å². The lowest BCUT2D eigenvalue weighted by Crippen LogP contribution is -2.51. The van der Waals surface area contributed by atoms with Crippen LogP contribution in [0.4, 0.5) is 5.95 Å². The number of fused-ring (bicyclic) bond motifs is 3. The maximum atomic E-state index is 13.6. The molecule has 9 heteroatoms. The Bertz CT molecular complexity index is 1150. The van der Waals surface area contributed by atoms with Gasteiger partial charge >= 0.3 is 5.97 Å². The largest absolute Gasteiger partial charge is 0.465 e. The highest BCUT2D eigenvalue weighted by Crippen LogP contribution is 2.42. The lowest BCUT2D eigenvalue weighted by molar-refractivity contribution is -0.153. The second-order valence-electron chi connectivity index (χ2n) is 7.10. The van der Waals surface area contributed by atoms with E-state index in [1.165, 1.54) is 4.90 Å². The van der Waals surface area contributed by atoms with Crippen LogP contribution in [0.1, 0.15) is 18.5 Å². The Morgan fingerprint density at radius 1 is 1.16 bits per heavy atom. The lowest BCUT2D eigenvalue weighted by Gasteiger charge is -2.37. The molecule has 0 saturated heterocycles. The molecule has 31 heavy (non-hydrogen) atoms. The van der Waals surface area contributed by atoms with E-state index in [1.807, 2.05) is 28.8 Å². The molecule has 1 aromatic heterocycles. The monoisotopic (exact) mass is 461 g/mol. The van der Waals surface area contributed by atoms with Gasteiger partial charge in [-0.1, -0.05) is 41.4 Å². The van der Waals surface area contributed by atoms with Gasteiger partial charge < -0.3 is 14.0 Å². The molecule has 4 rings (SSSR count). The fraction of sp³-hybridized carbons (Fsp3) is 0.318. The van der Waals surface area contributed by atoms with E-state index in [9.17, 15) is 9.59 Å². The predicted octanol–water partition coefficient (Wildman–Crippen LogP) is 4.10. The average Bonchev–Trinajstić information content (AvgIpc) is 3.13. The molecule has 0 spiro atoms. The van der Waals surface area contributed by atoms with Gasteiger partial charge in [0.25, 0.3) is 0 Å². The zero-order valence-electron chi connectivity index (χ0n) is 17.0. The van der Waals surface area contributed by atoms with Crippen molar-refractivity contribution in [3.63, 3.8) is 0 Å². The molecule has 0 bridgehead atoms. The summed E-state index contributed by atoms with van der Waals surface area (Å²) < 4.78 is 12.4. The van der Waals surface area contributed by atoms with E-state index in [1.54, 1.807) is 32.2 Å². The minimum absolute atomic E-state index is 0.159. The number of amides is 1. The fourth-order valence-electron chi connectivity index (χ4n) is 3.94. The van der Waals surface area contributed by atoms with Crippen molar-refractivity contribution in [2.24, 2.45) is 5.92 Å². The fourth-order valence-corrected chi connectivity index (χ4v) is 4.25. The Kier molecular flexibility index (Phi) is 6.18. The van der Waals surface area contributed by atoms with E-state index >= 15 is 0 Å². The van der Waals surface area contributed by atoms with Gasteiger partial charge in [-0.25, -0.2) is 4.98 Å². The number of imidazole rings is 1. The van der Waals surface area contributed by atoms with Crippen molar-refractivity contribution in [1.82, 2.24) is 9.55 Å². The highest BCUT2D eigenvalue weighted by Gasteiger charge is 2.47.